The minimum Gasteiger partial charge on any atom is -0.349 e. The third-order valence-electron chi connectivity index (χ3n) is 3.51. The van der Waals surface area contributed by atoms with E-state index in [1.807, 2.05) is 0 Å². The number of benzene rings is 1. The number of hydrogen-bond donors (Lipinski definition) is 2. The molecule has 0 heterocycles. The highest BCUT2D eigenvalue weighted by atomic mass is 35.5. The summed E-state index contributed by atoms with van der Waals surface area (Å²) in [7, 11) is -4.12. The molecule has 1 aliphatic rings. The Morgan fingerprint density at radius 2 is 1.90 bits per heavy atom. The summed E-state index contributed by atoms with van der Waals surface area (Å²) in [6.07, 6.45) is 4.82. The molecule has 3 N–H and O–H groups in total. The Labute approximate surface area is 127 Å². The van der Waals surface area contributed by atoms with Gasteiger partial charge in [-0.3, -0.25) is 4.79 Å². The van der Waals surface area contributed by atoms with Gasteiger partial charge in [-0.05, 0) is 25.0 Å². The number of rotatable bonds is 3. The van der Waals surface area contributed by atoms with E-state index in [1.165, 1.54) is 0 Å². The molecule has 1 fully saturated rings. The summed E-state index contributed by atoms with van der Waals surface area (Å²) in [5, 5.41) is 7.37. The van der Waals surface area contributed by atoms with Crippen LogP contribution < -0.4 is 10.5 Å². The lowest BCUT2D eigenvalue weighted by atomic mass is 9.95. The number of hydrogen-bond acceptors (Lipinski definition) is 3. The first kappa shape index (κ1) is 16.2. The van der Waals surface area contributed by atoms with Crippen molar-refractivity contribution >= 4 is 27.5 Å². The van der Waals surface area contributed by atoms with E-state index in [0.29, 0.717) is 0 Å². The van der Waals surface area contributed by atoms with E-state index in [1.54, 1.807) is 0 Å². The highest BCUT2D eigenvalue weighted by Crippen LogP contribution is 2.25. The van der Waals surface area contributed by atoms with Gasteiger partial charge in [-0.2, -0.15) is 0 Å². The van der Waals surface area contributed by atoms with Crippen LogP contribution in [0.4, 0.5) is 4.39 Å². The van der Waals surface area contributed by atoms with Crippen LogP contribution in [0.1, 0.15) is 42.5 Å². The van der Waals surface area contributed by atoms with E-state index >= 15 is 0 Å². The van der Waals surface area contributed by atoms with Crippen LogP contribution in [0.2, 0.25) is 5.02 Å². The van der Waals surface area contributed by atoms with Crippen LogP contribution in [0.3, 0.4) is 0 Å². The highest BCUT2D eigenvalue weighted by molar-refractivity contribution is 7.89. The molecule has 0 bridgehead atoms. The van der Waals surface area contributed by atoms with Gasteiger partial charge in [0.15, 0.2) is 0 Å². The molecule has 0 saturated heterocycles. The Hall–Kier alpha value is -1.18. The molecule has 0 unspecified atom stereocenters. The zero-order valence-corrected chi connectivity index (χ0v) is 12.8. The molecular weight excluding hydrogens is 319 g/mol. The second-order valence-corrected chi connectivity index (χ2v) is 7.05. The molecule has 8 heteroatoms. The standard InChI is InChI=1S/C13H16ClFN2O3S/c14-10-7-11(15)9(6-12(10)21(16,19)20)13(18)17-8-4-2-1-3-5-8/h6-8H,1-5H2,(H,17,18)(H2,16,19,20). The Bertz CT molecular complexity index is 658. The van der Waals surface area contributed by atoms with Gasteiger partial charge in [0, 0.05) is 6.04 Å². The fourth-order valence-corrected chi connectivity index (χ4v) is 3.52. The molecule has 1 saturated carbocycles. The van der Waals surface area contributed by atoms with Gasteiger partial charge in [-0.25, -0.2) is 17.9 Å². The molecule has 0 aromatic heterocycles. The second-order valence-electron chi connectivity index (χ2n) is 5.12. The number of halogens is 2. The first-order valence-corrected chi connectivity index (χ1v) is 8.54. The molecule has 0 aliphatic heterocycles. The van der Waals surface area contributed by atoms with Gasteiger partial charge in [-0.1, -0.05) is 30.9 Å². The second kappa shape index (κ2) is 6.29. The monoisotopic (exact) mass is 334 g/mol. The van der Waals surface area contributed by atoms with Gasteiger partial charge in [0.1, 0.15) is 10.7 Å². The van der Waals surface area contributed by atoms with Gasteiger partial charge in [0.2, 0.25) is 10.0 Å². The van der Waals surface area contributed by atoms with Gasteiger partial charge < -0.3 is 5.32 Å². The number of nitrogens with two attached hydrogens (primary N) is 1. The summed E-state index contributed by atoms with van der Waals surface area (Å²) >= 11 is 5.65. The molecule has 5 nitrogen and oxygen atoms in total. The van der Waals surface area contributed by atoms with Crippen molar-refractivity contribution in [3.05, 3.63) is 28.5 Å². The van der Waals surface area contributed by atoms with Crippen molar-refractivity contribution in [1.29, 1.82) is 0 Å². The highest BCUT2D eigenvalue weighted by Gasteiger charge is 2.23. The zero-order valence-electron chi connectivity index (χ0n) is 11.2. The molecule has 1 aromatic rings. The van der Waals surface area contributed by atoms with Crippen molar-refractivity contribution in [3.63, 3.8) is 0 Å². The summed E-state index contributed by atoms with van der Waals surface area (Å²) in [4.78, 5) is 11.6. The summed E-state index contributed by atoms with van der Waals surface area (Å²) in [6, 6.07) is 1.65. The molecule has 0 radical (unpaired) electrons. The smallest absolute Gasteiger partial charge is 0.254 e. The lowest BCUT2D eigenvalue weighted by molar-refractivity contribution is 0.0923. The van der Waals surface area contributed by atoms with Crippen LogP contribution in [-0.4, -0.2) is 20.4 Å². The van der Waals surface area contributed by atoms with E-state index < -0.39 is 26.6 Å². The maximum absolute atomic E-state index is 13.8. The molecule has 2 rings (SSSR count). The first-order chi connectivity index (χ1) is 9.79. The summed E-state index contributed by atoms with van der Waals surface area (Å²) in [5.74, 6) is -1.53. The van der Waals surface area contributed by atoms with Crippen LogP contribution in [0.25, 0.3) is 0 Å². The largest absolute Gasteiger partial charge is 0.349 e. The minimum atomic E-state index is -4.12. The number of amides is 1. The number of nitrogens with one attached hydrogen (secondary N) is 1. The summed E-state index contributed by atoms with van der Waals surface area (Å²) < 4.78 is 36.6. The first-order valence-electron chi connectivity index (χ1n) is 6.62. The fraction of sp³-hybridized carbons (Fsp3) is 0.462. The summed E-state index contributed by atoms with van der Waals surface area (Å²) in [6.45, 7) is 0. The van der Waals surface area contributed by atoms with E-state index in [2.05, 4.69) is 5.32 Å². The van der Waals surface area contributed by atoms with Gasteiger partial charge in [-0.15, -0.1) is 0 Å². The maximum atomic E-state index is 13.8. The van der Waals surface area contributed by atoms with Crippen molar-refractivity contribution in [2.75, 3.05) is 0 Å². The Morgan fingerprint density at radius 1 is 1.29 bits per heavy atom. The van der Waals surface area contributed by atoms with Crippen molar-refractivity contribution < 1.29 is 17.6 Å². The van der Waals surface area contributed by atoms with Crippen LogP contribution >= 0.6 is 11.6 Å². The number of carbonyl (C=O) groups excluding carboxylic acids is 1. The van der Waals surface area contributed by atoms with E-state index in [4.69, 9.17) is 16.7 Å². The number of sulfonamides is 1. The normalized spacial score (nSPS) is 16.7. The molecular formula is C13H16ClFN2O3S. The van der Waals surface area contributed by atoms with Gasteiger partial charge in [0.25, 0.3) is 5.91 Å². The average Bonchev–Trinajstić information content (AvgIpc) is 2.38. The van der Waals surface area contributed by atoms with Crippen LogP contribution in [-0.2, 0) is 10.0 Å². The topological polar surface area (TPSA) is 89.3 Å². The zero-order chi connectivity index (χ0) is 15.6. The molecule has 1 amide bonds. The van der Waals surface area contributed by atoms with Gasteiger partial charge in [0.05, 0.1) is 10.6 Å². The molecule has 1 aromatic carbocycles. The van der Waals surface area contributed by atoms with Crippen molar-refractivity contribution in [2.24, 2.45) is 5.14 Å². The lowest BCUT2D eigenvalue weighted by Gasteiger charge is -2.23. The van der Waals surface area contributed by atoms with Crippen LogP contribution in [0, 0.1) is 5.82 Å². The van der Waals surface area contributed by atoms with E-state index in [0.717, 1.165) is 44.2 Å². The molecule has 0 spiro atoms. The predicted octanol–water partition coefficient (Wildman–Crippen LogP) is 2.19. The fourth-order valence-electron chi connectivity index (χ4n) is 2.43. The van der Waals surface area contributed by atoms with Gasteiger partial charge >= 0.3 is 0 Å². The maximum Gasteiger partial charge on any atom is 0.254 e. The SMILES string of the molecule is NS(=O)(=O)c1cc(C(=O)NC2CCCCC2)c(F)cc1Cl. The number of primary sulfonamides is 1. The predicted molar refractivity (Wildman–Crippen MR) is 77.1 cm³/mol. The Morgan fingerprint density at radius 3 is 2.48 bits per heavy atom. The van der Waals surface area contributed by atoms with E-state index in [-0.39, 0.29) is 16.6 Å². The Balaban J connectivity index is 2.28. The van der Waals surface area contributed by atoms with Crippen molar-refractivity contribution in [3.8, 4) is 0 Å². The van der Waals surface area contributed by atoms with Crippen LogP contribution in [0.15, 0.2) is 17.0 Å². The van der Waals surface area contributed by atoms with Crippen molar-refractivity contribution in [1.82, 2.24) is 5.32 Å². The van der Waals surface area contributed by atoms with Crippen molar-refractivity contribution in [2.45, 2.75) is 43.0 Å². The molecule has 21 heavy (non-hydrogen) atoms. The average molecular weight is 335 g/mol. The molecule has 1 aliphatic carbocycles. The lowest BCUT2D eigenvalue weighted by Crippen LogP contribution is -2.36. The van der Waals surface area contributed by atoms with E-state index in [9.17, 15) is 17.6 Å². The van der Waals surface area contributed by atoms with Crippen LogP contribution in [0.5, 0.6) is 0 Å². The summed E-state index contributed by atoms with van der Waals surface area (Å²) in [5.41, 5.74) is -0.367. The Kier molecular flexibility index (Phi) is 4.85. The third-order valence-corrected chi connectivity index (χ3v) is 4.89. The molecule has 116 valence electrons. The quantitative estimate of drug-likeness (QED) is 0.887. The minimum absolute atomic E-state index is 0.0146. The number of carbonyl (C=O) groups is 1. The molecule has 0 atom stereocenters. The third kappa shape index (κ3) is 3.93.